The lowest BCUT2D eigenvalue weighted by molar-refractivity contribution is -0.114. The standard InChI is InChI=1S/C26H35F2N3O2/c1-6-12-31(23-11-7-9-17(2)19(23)4)13-8-10-18(3)24(33)16-30-22-15-26(27,28)14-21(22)25(29)20(5)32/h7,9,11H,3,6,8,10,12-16,29H2,1-2,4-5H3/b25-21-,30-22?. The molecule has 0 aliphatic heterocycles. The molecule has 0 saturated heterocycles. The number of ketones is 2. The SMILES string of the molecule is C=C(CCCN(CCC)c1cccc(C)c1C)C(=O)CN=C1CC(F)(F)C/C1=C(/N)C(C)=O. The van der Waals surface area contributed by atoms with Crippen LogP contribution in [0.4, 0.5) is 14.5 Å². The summed E-state index contributed by atoms with van der Waals surface area (Å²) in [6, 6.07) is 6.26. The molecule has 33 heavy (non-hydrogen) atoms. The Morgan fingerprint density at radius 2 is 1.91 bits per heavy atom. The Morgan fingerprint density at radius 3 is 2.55 bits per heavy atom. The number of hydrogen-bond donors (Lipinski definition) is 1. The molecular weight excluding hydrogens is 424 g/mol. The average molecular weight is 460 g/mol. The van der Waals surface area contributed by atoms with Gasteiger partial charge in [-0.3, -0.25) is 14.6 Å². The van der Waals surface area contributed by atoms with E-state index in [1.807, 2.05) is 0 Å². The van der Waals surface area contributed by atoms with Crippen LogP contribution in [0, 0.1) is 13.8 Å². The van der Waals surface area contributed by atoms with E-state index in [0.29, 0.717) is 12.0 Å². The van der Waals surface area contributed by atoms with Crippen LogP contribution in [0.3, 0.4) is 0 Å². The minimum Gasteiger partial charge on any atom is -0.396 e. The number of Topliss-reactive ketones (excluding diaryl/α,β-unsaturated/α-hetero) is 2. The molecule has 0 aromatic heterocycles. The minimum atomic E-state index is -3.01. The maximum absolute atomic E-state index is 13.9. The number of rotatable bonds is 11. The number of hydrogen-bond acceptors (Lipinski definition) is 5. The maximum Gasteiger partial charge on any atom is 0.257 e. The highest BCUT2D eigenvalue weighted by Crippen LogP contribution is 2.37. The van der Waals surface area contributed by atoms with Gasteiger partial charge in [0, 0.05) is 43.4 Å². The first kappa shape index (κ1) is 26.4. The summed E-state index contributed by atoms with van der Waals surface area (Å²) in [5.74, 6) is -3.77. The van der Waals surface area contributed by atoms with E-state index in [1.54, 1.807) is 0 Å². The molecule has 0 atom stereocenters. The number of anilines is 1. The van der Waals surface area contributed by atoms with Gasteiger partial charge in [0.1, 0.15) is 6.54 Å². The summed E-state index contributed by atoms with van der Waals surface area (Å²) in [5, 5.41) is 0. The zero-order chi connectivity index (χ0) is 24.8. The maximum atomic E-state index is 13.9. The molecule has 0 unspecified atom stereocenters. The van der Waals surface area contributed by atoms with Crippen LogP contribution in [-0.4, -0.2) is 42.8 Å². The number of aliphatic imine (C=N–C) groups is 1. The number of halogens is 2. The zero-order valence-corrected chi connectivity index (χ0v) is 20.1. The molecule has 0 heterocycles. The van der Waals surface area contributed by atoms with Crippen LogP contribution >= 0.6 is 0 Å². The Bertz CT molecular complexity index is 980. The highest BCUT2D eigenvalue weighted by atomic mass is 19.3. The number of carbonyl (C=O) groups excluding carboxylic acids is 2. The van der Waals surface area contributed by atoms with Gasteiger partial charge in [-0.15, -0.1) is 0 Å². The van der Waals surface area contributed by atoms with Gasteiger partial charge in [-0.1, -0.05) is 25.6 Å². The van der Waals surface area contributed by atoms with Gasteiger partial charge in [0.15, 0.2) is 11.6 Å². The Balaban J connectivity index is 1.98. The van der Waals surface area contributed by atoms with Crippen molar-refractivity contribution >= 4 is 23.0 Å². The summed E-state index contributed by atoms with van der Waals surface area (Å²) in [5.41, 5.74) is 9.69. The third kappa shape index (κ3) is 7.07. The van der Waals surface area contributed by atoms with Gasteiger partial charge in [-0.05, 0) is 55.9 Å². The van der Waals surface area contributed by atoms with Crippen LogP contribution in [0.25, 0.3) is 0 Å². The van der Waals surface area contributed by atoms with Gasteiger partial charge in [0.05, 0.1) is 12.1 Å². The van der Waals surface area contributed by atoms with Gasteiger partial charge in [-0.25, -0.2) is 8.78 Å². The van der Waals surface area contributed by atoms with E-state index in [0.717, 1.165) is 25.9 Å². The fraction of sp³-hybridized carbons (Fsp3) is 0.500. The molecule has 5 nitrogen and oxygen atoms in total. The number of allylic oxidation sites excluding steroid dienone is 2. The topological polar surface area (TPSA) is 75.8 Å². The van der Waals surface area contributed by atoms with Crippen molar-refractivity contribution in [3.05, 3.63) is 52.7 Å². The zero-order valence-electron chi connectivity index (χ0n) is 20.1. The lowest BCUT2D eigenvalue weighted by Gasteiger charge is -2.27. The summed E-state index contributed by atoms with van der Waals surface area (Å²) in [6.45, 7) is 12.9. The number of carbonyl (C=O) groups is 2. The predicted octanol–water partition coefficient (Wildman–Crippen LogP) is 5.10. The van der Waals surface area contributed by atoms with Crippen LogP contribution < -0.4 is 10.6 Å². The predicted molar refractivity (Wildman–Crippen MR) is 130 cm³/mol. The number of benzene rings is 1. The molecule has 7 heteroatoms. The minimum absolute atomic E-state index is 0.0397. The molecule has 0 bridgehead atoms. The molecule has 2 rings (SSSR count). The van der Waals surface area contributed by atoms with E-state index in [4.69, 9.17) is 5.73 Å². The fourth-order valence-corrected chi connectivity index (χ4v) is 3.99. The Morgan fingerprint density at radius 1 is 1.21 bits per heavy atom. The lowest BCUT2D eigenvalue weighted by atomic mass is 10.0. The third-order valence-corrected chi connectivity index (χ3v) is 6.04. The number of nitrogens with two attached hydrogens (primary N) is 1. The third-order valence-electron chi connectivity index (χ3n) is 6.04. The monoisotopic (exact) mass is 459 g/mol. The van der Waals surface area contributed by atoms with Crippen molar-refractivity contribution in [3.63, 3.8) is 0 Å². The first-order valence-electron chi connectivity index (χ1n) is 11.4. The number of nitrogens with zero attached hydrogens (tertiary/aromatic N) is 2. The quantitative estimate of drug-likeness (QED) is 0.467. The van der Waals surface area contributed by atoms with Crippen LogP contribution in [0.15, 0.2) is 46.6 Å². The molecule has 0 spiro atoms. The number of alkyl halides is 2. The van der Waals surface area contributed by atoms with E-state index in [1.165, 1.54) is 23.7 Å². The molecule has 1 aliphatic carbocycles. The van der Waals surface area contributed by atoms with Gasteiger partial charge >= 0.3 is 0 Å². The van der Waals surface area contributed by atoms with E-state index >= 15 is 0 Å². The van der Waals surface area contributed by atoms with E-state index in [-0.39, 0.29) is 29.3 Å². The van der Waals surface area contributed by atoms with E-state index < -0.39 is 24.5 Å². The van der Waals surface area contributed by atoms with Crippen LogP contribution in [0.5, 0.6) is 0 Å². The average Bonchev–Trinajstić information content (AvgIpc) is 3.07. The van der Waals surface area contributed by atoms with Crippen molar-refractivity contribution in [2.24, 2.45) is 10.7 Å². The summed E-state index contributed by atoms with van der Waals surface area (Å²) >= 11 is 0. The van der Waals surface area contributed by atoms with E-state index in [2.05, 4.69) is 55.4 Å². The number of aryl methyl sites for hydroxylation is 1. The molecular formula is C26H35F2N3O2. The lowest BCUT2D eigenvalue weighted by Crippen LogP contribution is -2.26. The molecule has 180 valence electrons. The van der Waals surface area contributed by atoms with Crippen molar-refractivity contribution in [1.29, 1.82) is 0 Å². The van der Waals surface area contributed by atoms with Gasteiger partial charge in [-0.2, -0.15) is 0 Å². The normalized spacial score (nSPS) is 17.8. The van der Waals surface area contributed by atoms with Crippen molar-refractivity contribution in [3.8, 4) is 0 Å². The van der Waals surface area contributed by atoms with Gasteiger partial charge in [0.25, 0.3) is 5.92 Å². The Labute approximate surface area is 195 Å². The van der Waals surface area contributed by atoms with Crippen LogP contribution in [0.1, 0.15) is 57.1 Å². The molecule has 1 aliphatic rings. The van der Waals surface area contributed by atoms with Gasteiger partial charge < -0.3 is 10.6 Å². The molecule has 1 aromatic carbocycles. The molecule has 0 radical (unpaired) electrons. The second-order valence-corrected chi connectivity index (χ2v) is 8.76. The second kappa shape index (κ2) is 11.3. The molecule has 2 N–H and O–H groups in total. The van der Waals surface area contributed by atoms with Gasteiger partial charge in [0.2, 0.25) is 0 Å². The molecule has 1 aromatic rings. The molecule has 0 amide bonds. The highest BCUT2D eigenvalue weighted by molar-refractivity contribution is 6.10. The fourth-order valence-electron chi connectivity index (χ4n) is 3.99. The van der Waals surface area contributed by atoms with Crippen molar-refractivity contribution in [1.82, 2.24) is 0 Å². The Kier molecular flexibility index (Phi) is 9.08. The first-order chi connectivity index (χ1) is 15.5. The summed E-state index contributed by atoms with van der Waals surface area (Å²) in [7, 11) is 0. The highest BCUT2D eigenvalue weighted by Gasteiger charge is 2.42. The van der Waals surface area contributed by atoms with Crippen molar-refractivity contribution < 1.29 is 18.4 Å². The van der Waals surface area contributed by atoms with E-state index in [9.17, 15) is 18.4 Å². The molecule has 1 fully saturated rings. The summed E-state index contributed by atoms with van der Waals surface area (Å²) in [6.07, 6.45) is 1.02. The smallest absolute Gasteiger partial charge is 0.257 e. The van der Waals surface area contributed by atoms with Crippen molar-refractivity contribution in [2.75, 3.05) is 24.5 Å². The summed E-state index contributed by atoms with van der Waals surface area (Å²) < 4.78 is 27.7. The summed E-state index contributed by atoms with van der Waals surface area (Å²) in [4.78, 5) is 30.5. The second-order valence-electron chi connectivity index (χ2n) is 8.76. The van der Waals surface area contributed by atoms with Crippen molar-refractivity contribution in [2.45, 2.75) is 65.7 Å². The molecule has 1 saturated carbocycles. The van der Waals surface area contributed by atoms with Crippen LogP contribution in [-0.2, 0) is 9.59 Å². The van der Waals surface area contributed by atoms with Crippen LogP contribution in [0.2, 0.25) is 0 Å². The first-order valence-corrected chi connectivity index (χ1v) is 11.4. The largest absolute Gasteiger partial charge is 0.396 e. The Hall–Kier alpha value is -2.83.